The smallest absolute Gasteiger partial charge is 0.342 e. The average Bonchev–Trinajstić information content (AvgIpc) is 1.81. The molecule has 0 saturated heterocycles. The van der Waals surface area contributed by atoms with Crippen molar-refractivity contribution in [3.05, 3.63) is 67.3 Å². The molecule has 8 rings (SSSR count). The van der Waals surface area contributed by atoms with E-state index in [9.17, 15) is 37.8 Å². The van der Waals surface area contributed by atoms with Gasteiger partial charge in [0, 0.05) is 5.02 Å². The summed E-state index contributed by atoms with van der Waals surface area (Å²) in [5.41, 5.74) is 16.6. The molecule has 558 valence electrons. The van der Waals surface area contributed by atoms with Crippen molar-refractivity contribution < 1.29 is 75.4 Å². The topological polar surface area (TPSA) is 471 Å². The number of esters is 4. The van der Waals surface area contributed by atoms with Crippen molar-refractivity contribution in [3.8, 4) is 5.75 Å². The van der Waals surface area contributed by atoms with Crippen molar-refractivity contribution >= 4 is 109 Å². The molecular formula is C62H97ClN19O16P3. The average molecular weight is 1490 g/mol. The van der Waals surface area contributed by atoms with Crippen LogP contribution in [0.5, 0.6) is 5.75 Å². The van der Waals surface area contributed by atoms with Gasteiger partial charge in [-0.2, -0.15) is 0 Å². The van der Waals surface area contributed by atoms with Gasteiger partial charge >= 0.3 is 31.4 Å². The molecule has 0 radical (unpaired) electrons. The molecule has 35 nitrogen and oxygen atoms in total. The fourth-order valence-corrected chi connectivity index (χ4v) is 15.9. The Hall–Kier alpha value is -7.39. The van der Waals surface area contributed by atoms with Gasteiger partial charge in [-0.15, -0.1) is 0 Å². The number of nitrogens with two attached hydrogens (primary N) is 3. The summed E-state index contributed by atoms with van der Waals surface area (Å²) in [5.74, 6) is -1.13. The molecule has 7 aromatic rings. The summed E-state index contributed by atoms with van der Waals surface area (Å²) in [7, 11) is -11.4. The highest BCUT2D eigenvalue weighted by atomic mass is 35.5. The molecule has 0 spiro atoms. The molecule has 3 unspecified atom stereocenters. The second-order valence-electron chi connectivity index (χ2n) is 26.7. The Kier molecular flexibility index (Phi) is 29.2. The van der Waals surface area contributed by atoms with E-state index in [2.05, 4.69) is 65.2 Å². The molecule has 6 heterocycles. The highest BCUT2D eigenvalue weighted by Gasteiger charge is 2.42. The van der Waals surface area contributed by atoms with E-state index in [0.717, 1.165) is 25.7 Å². The lowest BCUT2D eigenvalue weighted by Gasteiger charge is -2.33. The van der Waals surface area contributed by atoms with Crippen molar-refractivity contribution in [1.82, 2.24) is 78.9 Å². The first-order valence-corrected chi connectivity index (χ1v) is 38.6. The van der Waals surface area contributed by atoms with Gasteiger partial charge in [-0.1, -0.05) is 11.6 Å². The second-order valence-corrected chi connectivity index (χ2v) is 33.3. The van der Waals surface area contributed by atoms with Crippen molar-refractivity contribution in [3.63, 3.8) is 0 Å². The van der Waals surface area contributed by atoms with Crippen molar-refractivity contribution in [2.45, 2.75) is 221 Å². The minimum absolute atomic E-state index is 0.129. The molecule has 6 aromatic heterocycles. The molecule has 101 heavy (non-hydrogen) atoms. The number of rotatable bonds is 33. The predicted octanol–water partition coefficient (Wildman–Crippen LogP) is 8.04. The molecule has 11 N–H and O–H groups in total. The van der Waals surface area contributed by atoms with E-state index in [-0.39, 0.29) is 54.6 Å². The van der Waals surface area contributed by atoms with Gasteiger partial charge in [-0.3, -0.25) is 32.9 Å². The minimum atomic E-state index is -3.95. The number of nitrogens with one attached hydrogen (secondary N) is 4. The lowest BCUT2D eigenvalue weighted by molar-refractivity contribution is -0.154. The third-order valence-corrected chi connectivity index (χ3v) is 20.4. The van der Waals surface area contributed by atoms with Gasteiger partial charge in [0.2, 0.25) is 7.44 Å². The summed E-state index contributed by atoms with van der Waals surface area (Å²) in [6.45, 7) is 27.5. The normalized spacial score (nSPS) is 16.1. The first-order valence-electron chi connectivity index (χ1n) is 32.6. The zero-order valence-corrected chi connectivity index (χ0v) is 63.3. The predicted molar refractivity (Wildman–Crippen MR) is 379 cm³/mol. The summed E-state index contributed by atoms with van der Waals surface area (Å²) in [5, 5.41) is 11.5. The third-order valence-electron chi connectivity index (χ3n) is 14.6. The maximum atomic E-state index is 14.1. The molecule has 0 aliphatic heterocycles. The van der Waals surface area contributed by atoms with Crippen molar-refractivity contribution in [1.29, 1.82) is 0 Å². The number of halogens is 1. The number of nitrogens with zero attached hydrogens (tertiary/aromatic N) is 12. The van der Waals surface area contributed by atoms with Crippen LogP contribution in [-0.2, 0) is 85.7 Å². The van der Waals surface area contributed by atoms with E-state index >= 15 is 0 Å². The Labute approximate surface area is 591 Å². The van der Waals surface area contributed by atoms with Crippen molar-refractivity contribution in [2.24, 2.45) is 0 Å². The first kappa shape index (κ1) is 82.6. The number of nitrogen functional groups attached to an aromatic ring is 3. The number of aromatic nitrogens is 12. The van der Waals surface area contributed by atoms with Gasteiger partial charge in [0.05, 0.1) is 75.2 Å². The van der Waals surface area contributed by atoms with Crippen LogP contribution in [0.25, 0.3) is 33.5 Å². The number of carbonyl (C=O) groups excluding carboxylic acids is 4. The van der Waals surface area contributed by atoms with Gasteiger partial charge in [-0.05, 0) is 161 Å². The Balaban J connectivity index is 0.000000241. The molecule has 0 amide bonds. The summed E-state index contributed by atoms with van der Waals surface area (Å²) in [4.78, 5) is 97.2. The lowest BCUT2D eigenvalue weighted by Crippen LogP contribution is -2.51. The van der Waals surface area contributed by atoms with Crippen LogP contribution in [0.1, 0.15) is 136 Å². The van der Waals surface area contributed by atoms with Gasteiger partial charge in [0.25, 0.3) is 7.52 Å². The number of anilines is 3. The van der Waals surface area contributed by atoms with E-state index in [0.29, 0.717) is 63.9 Å². The Bertz CT molecular complexity index is 4080. The van der Waals surface area contributed by atoms with Crippen molar-refractivity contribution in [2.75, 3.05) is 36.2 Å². The quantitative estimate of drug-likeness (QED) is 0.0109. The molecule has 1 fully saturated rings. The number of hydrogen-bond donors (Lipinski definition) is 8. The van der Waals surface area contributed by atoms with Gasteiger partial charge in [0.1, 0.15) is 89.1 Å². The highest BCUT2D eigenvalue weighted by Crippen LogP contribution is 2.46. The van der Waals surface area contributed by atoms with Crippen LogP contribution in [0.3, 0.4) is 0 Å². The van der Waals surface area contributed by atoms with Crippen LogP contribution in [0.15, 0.2) is 62.2 Å². The lowest BCUT2D eigenvalue weighted by atomic mass is 10.1. The van der Waals surface area contributed by atoms with Crippen LogP contribution >= 0.6 is 34.1 Å². The van der Waals surface area contributed by atoms with Gasteiger partial charge in [-0.25, -0.2) is 65.2 Å². The number of benzene rings is 1. The van der Waals surface area contributed by atoms with Crippen LogP contribution in [-0.4, -0.2) is 172 Å². The fraction of sp³-hybridized carbons (Fsp3) is 0.597. The van der Waals surface area contributed by atoms with E-state index in [1.54, 1.807) is 154 Å². The molecule has 7 atom stereocenters. The maximum absolute atomic E-state index is 14.1. The van der Waals surface area contributed by atoms with Gasteiger partial charge in [0.15, 0.2) is 34.4 Å². The number of hydrogen-bond acceptors (Lipinski definition) is 27. The molecule has 1 saturated carbocycles. The third kappa shape index (κ3) is 24.9. The van der Waals surface area contributed by atoms with E-state index in [1.807, 2.05) is 0 Å². The SMILES string of the molecule is CC(C)OC(=O)C(C)(C)NP(=O)(CO[C@H](C)Cn1cnc2c(N)ncnc21)N[C@H](C)C(=O)OC1CCCC1.CC(C)OC(=O)C(C)(C)NP(=O)(CO[C@H](C)Cn1cnc2c(N)ncnc21)Oc1ccc(Cl)cc1.CC(C)OC(=O)C(C)(C)NP(=O)(O)CO[C@H](C)Cn1cnc2c(N)ncnc21. The number of ether oxygens (including phenoxy) is 7. The summed E-state index contributed by atoms with van der Waals surface area (Å²) in [6, 6.07) is 5.49. The van der Waals surface area contributed by atoms with Crippen LogP contribution in [0.2, 0.25) is 5.02 Å². The Morgan fingerprint density at radius 1 is 0.545 bits per heavy atom. The molecule has 1 aliphatic rings. The zero-order chi connectivity index (χ0) is 75.0. The molecule has 1 aromatic carbocycles. The zero-order valence-electron chi connectivity index (χ0n) is 59.9. The standard InChI is InChI=1S/C24H40N7O6P.C22H30ClN6O5P.C16H27N6O5P/c1-15(2)36-23(33)24(5,6)30-38(34,29-17(4)22(32)37-18-9-7-8-10-18)14-35-16(3)11-31-13-28-19-20(25)26-12-27-21(19)31;1-14(2)33-21(30)22(4,5)28-35(31,34-17-8-6-16(23)7-9-17)13-32-15(3)10-29-12-27-18-19(24)25-11-26-20(18)29;1-10(2)27-15(23)16(4,5)21-28(24,25)9-26-11(3)6-22-8-20-12-13(17)18-7-19-14(12)22/h12-13,15-18H,7-11,14H2,1-6H3,(H2,25,26,27)(H2,29,30,34);6-9,11-12,14-15H,10,13H2,1-5H3,(H,28,31)(H2,24,25,26);7-8,10-11H,6,9H2,1-5H3,(H2,17,18,19)(H2,21,24,25)/t16-,17-,38?;15-,35?;11-/m111/s1. The monoisotopic (exact) mass is 1490 g/mol. The molecule has 0 bridgehead atoms. The molecule has 39 heteroatoms. The number of imidazole rings is 3. The largest absolute Gasteiger partial charge is 0.462 e. The van der Waals surface area contributed by atoms with Gasteiger partial charge < -0.3 is 73.5 Å². The minimum Gasteiger partial charge on any atom is -0.462 e. The summed E-state index contributed by atoms with van der Waals surface area (Å²) in [6.07, 6.45) is 8.92. The number of carbonyl (C=O) groups is 4. The molecular weight excluding hydrogens is 1400 g/mol. The Morgan fingerprint density at radius 3 is 1.31 bits per heavy atom. The highest BCUT2D eigenvalue weighted by molar-refractivity contribution is 7.59. The molecule has 1 aliphatic carbocycles. The van der Waals surface area contributed by atoms with E-state index < -0.39 is 93.7 Å². The summed E-state index contributed by atoms with van der Waals surface area (Å²) >= 11 is 5.95. The van der Waals surface area contributed by atoms with Crippen LogP contribution in [0.4, 0.5) is 17.5 Å². The first-order chi connectivity index (χ1) is 47.1. The second kappa shape index (κ2) is 35.7. The number of fused-ring (bicyclic) bond motifs is 3. The fourth-order valence-electron chi connectivity index (χ4n) is 9.83. The summed E-state index contributed by atoms with van der Waals surface area (Å²) < 4.78 is 90.2. The van der Waals surface area contributed by atoms with Crippen LogP contribution < -0.4 is 42.1 Å². The van der Waals surface area contributed by atoms with Crippen LogP contribution in [0, 0.1) is 0 Å². The van der Waals surface area contributed by atoms with E-state index in [4.69, 9.17) is 66.5 Å². The van der Waals surface area contributed by atoms with E-state index in [1.165, 1.54) is 32.8 Å². The Morgan fingerprint density at radius 2 is 0.911 bits per heavy atom. The maximum Gasteiger partial charge on any atom is 0.342 e.